The Balaban J connectivity index is 2.70. The second-order valence-electron chi connectivity index (χ2n) is 3.70. The standard InChI is InChI=1S/C12H11F3N2O3/c1-7(18)10(6-16)11(19)17-20-9-4-2-8(3-5-9)12(13,14)15/h2-6,16,18H,1H3,(H,17,19)/b10-7+,16-6?. The molecule has 0 heterocycles. The molecule has 0 spiro atoms. The predicted molar refractivity (Wildman–Crippen MR) is 64.3 cm³/mol. The van der Waals surface area contributed by atoms with E-state index in [4.69, 9.17) is 15.4 Å². The maximum Gasteiger partial charge on any atom is 0.416 e. The third-order valence-corrected chi connectivity index (χ3v) is 2.22. The van der Waals surface area contributed by atoms with Gasteiger partial charge in [0.1, 0.15) is 5.76 Å². The van der Waals surface area contributed by atoms with Crippen LogP contribution in [0.5, 0.6) is 5.75 Å². The highest BCUT2D eigenvalue weighted by molar-refractivity contribution is 6.11. The van der Waals surface area contributed by atoms with Gasteiger partial charge in [0.25, 0.3) is 5.91 Å². The topological polar surface area (TPSA) is 82.4 Å². The molecule has 0 radical (unpaired) electrons. The lowest BCUT2D eigenvalue weighted by molar-refractivity contribution is -0.137. The van der Waals surface area contributed by atoms with Gasteiger partial charge in [0, 0.05) is 6.21 Å². The quantitative estimate of drug-likeness (QED) is 0.345. The van der Waals surface area contributed by atoms with Gasteiger partial charge in [-0.3, -0.25) is 4.79 Å². The molecule has 8 heteroatoms. The zero-order valence-electron chi connectivity index (χ0n) is 10.3. The van der Waals surface area contributed by atoms with Gasteiger partial charge in [-0.2, -0.15) is 18.7 Å². The fourth-order valence-corrected chi connectivity index (χ4v) is 1.21. The molecule has 1 aromatic rings. The van der Waals surface area contributed by atoms with Crippen LogP contribution in [0.3, 0.4) is 0 Å². The molecule has 0 unspecified atom stereocenters. The normalized spacial score (nSPS) is 12.4. The first-order chi connectivity index (χ1) is 9.25. The fraction of sp³-hybridized carbons (Fsp3) is 0.167. The first-order valence-corrected chi connectivity index (χ1v) is 5.30. The molecule has 1 amide bonds. The van der Waals surface area contributed by atoms with Crippen LogP contribution in [0.15, 0.2) is 35.6 Å². The van der Waals surface area contributed by atoms with Gasteiger partial charge in [-0.15, -0.1) is 0 Å². The smallest absolute Gasteiger partial charge is 0.416 e. The van der Waals surface area contributed by atoms with Gasteiger partial charge in [-0.25, -0.2) is 0 Å². The Kier molecular flexibility index (Phi) is 4.73. The molecule has 108 valence electrons. The Morgan fingerprint density at radius 3 is 2.30 bits per heavy atom. The fourth-order valence-electron chi connectivity index (χ4n) is 1.21. The summed E-state index contributed by atoms with van der Waals surface area (Å²) < 4.78 is 36.9. The lowest BCUT2D eigenvalue weighted by atomic mass is 10.2. The number of nitrogens with one attached hydrogen (secondary N) is 2. The van der Waals surface area contributed by atoms with E-state index in [1.165, 1.54) is 6.92 Å². The van der Waals surface area contributed by atoms with Crippen LogP contribution in [0, 0.1) is 5.41 Å². The molecule has 1 aromatic carbocycles. The summed E-state index contributed by atoms with van der Waals surface area (Å²) in [7, 11) is 0. The van der Waals surface area contributed by atoms with Crippen LogP contribution < -0.4 is 10.3 Å². The van der Waals surface area contributed by atoms with E-state index in [9.17, 15) is 18.0 Å². The molecule has 0 aliphatic heterocycles. The zero-order valence-corrected chi connectivity index (χ0v) is 10.3. The summed E-state index contributed by atoms with van der Waals surface area (Å²) in [6.07, 6.45) is -3.83. The van der Waals surface area contributed by atoms with Crippen molar-refractivity contribution in [2.45, 2.75) is 13.1 Å². The average Bonchev–Trinajstić information content (AvgIpc) is 2.36. The molecular formula is C12H11F3N2O3. The lowest BCUT2D eigenvalue weighted by Crippen LogP contribution is -2.29. The SMILES string of the molecule is C/C(O)=C(/C=N)C(=O)NOc1ccc(C(F)(F)F)cc1. The van der Waals surface area contributed by atoms with Crippen molar-refractivity contribution in [3.63, 3.8) is 0 Å². The van der Waals surface area contributed by atoms with Crippen molar-refractivity contribution in [2.24, 2.45) is 0 Å². The third kappa shape index (κ3) is 4.01. The van der Waals surface area contributed by atoms with Crippen LogP contribution in [0.4, 0.5) is 13.2 Å². The van der Waals surface area contributed by atoms with Gasteiger partial charge in [-0.1, -0.05) is 0 Å². The number of alkyl halides is 3. The van der Waals surface area contributed by atoms with E-state index < -0.39 is 17.6 Å². The third-order valence-electron chi connectivity index (χ3n) is 2.22. The number of hydrogen-bond donors (Lipinski definition) is 3. The highest BCUT2D eigenvalue weighted by Crippen LogP contribution is 2.30. The van der Waals surface area contributed by atoms with Crippen molar-refractivity contribution in [3.8, 4) is 5.75 Å². The van der Waals surface area contributed by atoms with Crippen LogP contribution in [0.2, 0.25) is 0 Å². The zero-order chi connectivity index (χ0) is 15.3. The highest BCUT2D eigenvalue weighted by atomic mass is 19.4. The molecule has 3 N–H and O–H groups in total. The first kappa shape index (κ1) is 15.5. The van der Waals surface area contributed by atoms with Gasteiger partial charge in [0.15, 0.2) is 5.75 Å². The minimum absolute atomic E-state index is 0.0220. The number of hydrogen-bond acceptors (Lipinski definition) is 4. The molecule has 0 atom stereocenters. The maximum atomic E-state index is 12.3. The van der Waals surface area contributed by atoms with Crippen molar-refractivity contribution in [2.75, 3.05) is 0 Å². The first-order valence-electron chi connectivity index (χ1n) is 5.30. The Morgan fingerprint density at radius 1 is 1.35 bits per heavy atom. The predicted octanol–water partition coefficient (Wildman–Crippen LogP) is 2.60. The molecule has 5 nitrogen and oxygen atoms in total. The Hall–Kier alpha value is -2.51. The van der Waals surface area contributed by atoms with Gasteiger partial charge in [0.05, 0.1) is 11.1 Å². The minimum atomic E-state index is -4.45. The summed E-state index contributed by atoms with van der Waals surface area (Å²) >= 11 is 0. The van der Waals surface area contributed by atoms with E-state index in [0.29, 0.717) is 6.21 Å². The van der Waals surface area contributed by atoms with Gasteiger partial charge >= 0.3 is 6.18 Å². The molecule has 0 bridgehead atoms. The van der Waals surface area contributed by atoms with Gasteiger partial charge in [-0.05, 0) is 31.2 Å². The van der Waals surface area contributed by atoms with E-state index in [1.54, 1.807) is 0 Å². The van der Waals surface area contributed by atoms with E-state index in [2.05, 4.69) is 0 Å². The number of aliphatic hydroxyl groups excluding tert-OH is 1. The number of rotatable bonds is 4. The molecule has 0 aromatic heterocycles. The number of amides is 1. The van der Waals surface area contributed by atoms with Crippen molar-refractivity contribution in [3.05, 3.63) is 41.2 Å². The number of carbonyl (C=O) groups is 1. The number of allylic oxidation sites excluding steroid dienone is 1. The van der Waals surface area contributed by atoms with E-state index >= 15 is 0 Å². The number of hydroxylamine groups is 1. The van der Waals surface area contributed by atoms with Gasteiger partial charge < -0.3 is 15.4 Å². The molecule has 0 saturated carbocycles. The molecule has 1 rings (SSSR count). The molecule has 0 aliphatic rings. The number of carbonyl (C=O) groups excluding carboxylic acids is 1. The van der Waals surface area contributed by atoms with Crippen molar-refractivity contribution in [1.82, 2.24) is 5.48 Å². The summed E-state index contributed by atoms with van der Waals surface area (Å²) in [5.74, 6) is -1.29. The lowest BCUT2D eigenvalue weighted by Gasteiger charge is -2.09. The molecular weight excluding hydrogens is 277 g/mol. The van der Waals surface area contributed by atoms with Crippen LogP contribution in [-0.4, -0.2) is 17.2 Å². The summed E-state index contributed by atoms with van der Waals surface area (Å²) in [6.45, 7) is 1.21. The minimum Gasteiger partial charge on any atom is -0.512 e. The van der Waals surface area contributed by atoms with E-state index in [1.807, 2.05) is 5.48 Å². The van der Waals surface area contributed by atoms with Crippen molar-refractivity contribution >= 4 is 12.1 Å². The summed E-state index contributed by atoms with van der Waals surface area (Å²) in [6, 6.07) is 3.66. The monoisotopic (exact) mass is 288 g/mol. The van der Waals surface area contributed by atoms with E-state index in [-0.39, 0.29) is 17.1 Å². The highest BCUT2D eigenvalue weighted by Gasteiger charge is 2.30. The average molecular weight is 288 g/mol. The largest absolute Gasteiger partial charge is 0.512 e. The van der Waals surface area contributed by atoms with Crippen molar-refractivity contribution in [1.29, 1.82) is 5.41 Å². The van der Waals surface area contributed by atoms with Crippen LogP contribution >= 0.6 is 0 Å². The van der Waals surface area contributed by atoms with E-state index in [0.717, 1.165) is 24.3 Å². The summed E-state index contributed by atoms with van der Waals surface area (Å²) in [5, 5.41) is 16.0. The Morgan fingerprint density at radius 2 is 1.90 bits per heavy atom. The van der Waals surface area contributed by atoms with Crippen LogP contribution in [0.1, 0.15) is 12.5 Å². The number of halogens is 3. The molecule has 20 heavy (non-hydrogen) atoms. The van der Waals surface area contributed by atoms with Crippen LogP contribution in [0.25, 0.3) is 0 Å². The molecule has 0 aliphatic carbocycles. The maximum absolute atomic E-state index is 12.3. The number of benzene rings is 1. The second kappa shape index (κ2) is 6.09. The second-order valence-corrected chi connectivity index (χ2v) is 3.70. The molecule has 0 fully saturated rings. The Bertz CT molecular complexity index is 532. The molecule has 0 saturated heterocycles. The van der Waals surface area contributed by atoms with Crippen LogP contribution in [-0.2, 0) is 11.0 Å². The Labute approximate surface area is 112 Å². The van der Waals surface area contributed by atoms with Crippen molar-refractivity contribution < 1.29 is 27.9 Å². The summed E-state index contributed by atoms with van der Waals surface area (Å²) in [4.78, 5) is 16.2. The number of aliphatic hydroxyl groups is 1. The van der Waals surface area contributed by atoms with Gasteiger partial charge in [0.2, 0.25) is 0 Å². The summed E-state index contributed by atoms with van der Waals surface area (Å²) in [5.41, 5.74) is 0.733.